The minimum Gasteiger partial charge on any atom is -0.481 e. The number of carboxylic acids is 1. The third-order valence-electron chi connectivity index (χ3n) is 3.96. The average molecular weight is 336 g/mol. The summed E-state index contributed by atoms with van der Waals surface area (Å²) in [4.78, 5) is 30.9. The molecule has 1 aliphatic heterocycles. The van der Waals surface area contributed by atoms with Crippen molar-refractivity contribution >= 4 is 34.6 Å². The lowest BCUT2D eigenvalue weighted by atomic mass is 9.87. The van der Waals surface area contributed by atoms with Crippen molar-refractivity contribution in [1.29, 1.82) is 0 Å². The number of carboxylic acid groups (broad SMARTS) is 1. The molecule has 0 bridgehead atoms. The Kier molecular flexibility index (Phi) is 4.26. The van der Waals surface area contributed by atoms with Gasteiger partial charge in [0.15, 0.2) is 0 Å². The Labute approximate surface area is 136 Å². The number of rotatable bonds is 3. The highest BCUT2D eigenvalue weighted by Gasteiger charge is 2.33. The summed E-state index contributed by atoms with van der Waals surface area (Å²) in [6, 6.07) is 3.94. The molecule has 2 unspecified atom stereocenters. The molecule has 1 N–H and O–H groups in total. The summed E-state index contributed by atoms with van der Waals surface area (Å²) in [5.74, 6) is -1.27. The van der Waals surface area contributed by atoms with Crippen molar-refractivity contribution in [1.82, 2.24) is 9.88 Å². The number of piperidine rings is 1. The zero-order valence-corrected chi connectivity index (χ0v) is 13.7. The first kappa shape index (κ1) is 15.2. The number of likely N-dealkylation sites (tertiary alicyclic amines) is 1. The highest BCUT2D eigenvalue weighted by molar-refractivity contribution is 7.20. The maximum Gasteiger partial charge on any atom is 0.306 e. The molecule has 0 aliphatic carbocycles. The van der Waals surface area contributed by atoms with E-state index in [2.05, 4.69) is 4.98 Å². The second-order valence-electron chi connectivity index (χ2n) is 5.48. The largest absolute Gasteiger partial charge is 0.481 e. The monoisotopic (exact) mass is 336 g/mol. The van der Waals surface area contributed by atoms with Crippen molar-refractivity contribution in [3.63, 3.8) is 0 Å². The van der Waals surface area contributed by atoms with Gasteiger partial charge in [-0.05, 0) is 23.8 Å². The predicted molar refractivity (Wildman–Crippen MR) is 86.2 cm³/mol. The van der Waals surface area contributed by atoms with Crippen LogP contribution >= 0.6 is 22.7 Å². The molecule has 5 nitrogen and oxygen atoms in total. The van der Waals surface area contributed by atoms with Crippen LogP contribution in [0.2, 0.25) is 0 Å². The molecule has 116 valence electrons. The number of hydrogen-bond donors (Lipinski definition) is 1. The van der Waals surface area contributed by atoms with E-state index in [4.69, 9.17) is 5.11 Å². The molecular formula is C15H16N2O3S2. The number of hydrogen-bond acceptors (Lipinski definition) is 5. The minimum absolute atomic E-state index is 0.0365. The predicted octanol–water partition coefficient (Wildman–Crippen LogP) is 3.05. The Bertz CT molecular complexity index is 681. The number of thiazole rings is 1. The van der Waals surface area contributed by atoms with Crippen LogP contribution in [-0.2, 0) is 4.79 Å². The number of nitrogens with zero attached hydrogens (tertiary/aromatic N) is 2. The van der Waals surface area contributed by atoms with Crippen LogP contribution in [0, 0.1) is 11.8 Å². The highest BCUT2D eigenvalue weighted by atomic mass is 32.1. The van der Waals surface area contributed by atoms with E-state index in [-0.39, 0.29) is 17.7 Å². The van der Waals surface area contributed by atoms with Crippen LogP contribution in [0.15, 0.2) is 22.9 Å². The Morgan fingerprint density at radius 3 is 2.86 bits per heavy atom. The van der Waals surface area contributed by atoms with E-state index in [1.165, 1.54) is 11.3 Å². The second-order valence-corrected chi connectivity index (χ2v) is 7.28. The van der Waals surface area contributed by atoms with Crippen LogP contribution in [0.1, 0.15) is 23.8 Å². The molecule has 2 aromatic heterocycles. The topological polar surface area (TPSA) is 70.5 Å². The number of carbonyl (C=O) groups excluding carboxylic acids is 1. The molecule has 22 heavy (non-hydrogen) atoms. The van der Waals surface area contributed by atoms with Gasteiger partial charge >= 0.3 is 5.97 Å². The average Bonchev–Trinajstić information content (AvgIpc) is 3.16. The zero-order chi connectivity index (χ0) is 15.7. The quantitative estimate of drug-likeness (QED) is 0.935. The Morgan fingerprint density at radius 1 is 1.41 bits per heavy atom. The van der Waals surface area contributed by atoms with Gasteiger partial charge in [0.25, 0.3) is 5.91 Å². The Morgan fingerprint density at radius 2 is 2.23 bits per heavy atom. The molecule has 1 aliphatic rings. The molecule has 1 amide bonds. The van der Waals surface area contributed by atoms with Crippen LogP contribution in [0.5, 0.6) is 0 Å². The van der Waals surface area contributed by atoms with Crippen molar-refractivity contribution in [3.05, 3.63) is 28.6 Å². The molecule has 0 spiro atoms. The van der Waals surface area contributed by atoms with Gasteiger partial charge in [-0.1, -0.05) is 13.0 Å². The number of aromatic nitrogens is 1. The molecule has 0 saturated carbocycles. The highest BCUT2D eigenvalue weighted by Crippen LogP contribution is 2.29. The summed E-state index contributed by atoms with van der Waals surface area (Å²) < 4.78 is 0. The van der Waals surface area contributed by atoms with Crippen LogP contribution in [-0.4, -0.2) is 40.0 Å². The third-order valence-corrected chi connectivity index (χ3v) is 5.85. The first-order chi connectivity index (χ1) is 10.6. The minimum atomic E-state index is -0.770. The van der Waals surface area contributed by atoms with E-state index < -0.39 is 5.97 Å². The molecule has 0 aromatic carbocycles. The summed E-state index contributed by atoms with van der Waals surface area (Å²) in [7, 11) is 0. The standard InChI is InChI=1S/C15H16N2O3S2/c1-9-7-17(5-4-10(9)15(19)20)14(18)11-8-22-13(16-11)12-3-2-6-21-12/h2-3,6,8-10H,4-5,7H2,1H3,(H,19,20). The number of thiophene rings is 1. The van der Waals surface area contributed by atoms with Crippen LogP contribution in [0.3, 0.4) is 0 Å². The fourth-order valence-corrected chi connectivity index (χ4v) is 4.35. The molecule has 7 heteroatoms. The summed E-state index contributed by atoms with van der Waals surface area (Å²) in [6.45, 7) is 2.84. The molecule has 3 rings (SSSR count). The number of carbonyl (C=O) groups is 2. The Hall–Kier alpha value is -1.73. The second kappa shape index (κ2) is 6.18. The molecule has 2 aromatic rings. The van der Waals surface area contributed by atoms with Gasteiger partial charge in [0, 0.05) is 18.5 Å². The number of aliphatic carboxylic acids is 1. The summed E-state index contributed by atoms with van der Waals surface area (Å²) in [5.41, 5.74) is 0.453. The molecule has 1 saturated heterocycles. The van der Waals surface area contributed by atoms with E-state index >= 15 is 0 Å². The van der Waals surface area contributed by atoms with Crippen LogP contribution in [0.25, 0.3) is 9.88 Å². The van der Waals surface area contributed by atoms with Gasteiger partial charge < -0.3 is 10.0 Å². The fraction of sp³-hybridized carbons (Fsp3) is 0.400. The maximum absolute atomic E-state index is 12.5. The lowest BCUT2D eigenvalue weighted by Gasteiger charge is -2.34. The van der Waals surface area contributed by atoms with Gasteiger partial charge in [-0.3, -0.25) is 9.59 Å². The maximum atomic E-state index is 12.5. The van der Waals surface area contributed by atoms with E-state index in [0.717, 1.165) is 9.88 Å². The number of amides is 1. The normalized spacial score (nSPS) is 21.8. The van der Waals surface area contributed by atoms with Crippen molar-refractivity contribution in [2.45, 2.75) is 13.3 Å². The van der Waals surface area contributed by atoms with Crippen LogP contribution in [0.4, 0.5) is 0 Å². The molecular weight excluding hydrogens is 320 g/mol. The van der Waals surface area contributed by atoms with Gasteiger partial charge in [0.1, 0.15) is 10.7 Å². The van der Waals surface area contributed by atoms with Gasteiger partial charge in [-0.15, -0.1) is 22.7 Å². The first-order valence-electron chi connectivity index (χ1n) is 7.07. The van der Waals surface area contributed by atoms with Gasteiger partial charge in [0.2, 0.25) is 0 Å². The van der Waals surface area contributed by atoms with E-state index in [1.807, 2.05) is 24.4 Å². The zero-order valence-electron chi connectivity index (χ0n) is 12.1. The van der Waals surface area contributed by atoms with Crippen LogP contribution < -0.4 is 0 Å². The fourth-order valence-electron chi connectivity index (χ4n) is 2.74. The summed E-state index contributed by atoms with van der Waals surface area (Å²) in [6.07, 6.45) is 0.504. The summed E-state index contributed by atoms with van der Waals surface area (Å²) >= 11 is 3.06. The van der Waals surface area contributed by atoms with Crippen molar-refractivity contribution in [3.8, 4) is 9.88 Å². The van der Waals surface area contributed by atoms with E-state index in [9.17, 15) is 9.59 Å². The molecule has 2 atom stereocenters. The third kappa shape index (κ3) is 2.91. The van der Waals surface area contributed by atoms with Crippen molar-refractivity contribution < 1.29 is 14.7 Å². The van der Waals surface area contributed by atoms with Crippen molar-refractivity contribution in [2.75, 3.05) is 13.1 Å². The van der Waals surface area contributed by atoms with Crippen molar-refractivity contribution in [2.24, 2.45) is 11.8 Å². The lowest BCUT2D eigenvalue weighted by molar-refractivity contribution is -0.145. The van der Waals surface area contributed by atoms with E-state index in [0.29, 0.717) is 25.2 Å². The Balaban J connectivity index is 1.71. The van der Waals surface area contributed by atoms with E-state index in [1.54, 1.807) is 21.6 Å². The summed E-state index contributed by atoms with van der Waals surface area (Å²) in [5, 5.41) is 13.8. The van der Waals surface area contributed by atoms with Gasteiger partial charge in [-0.2, -0.15) is 0 Å². The van der Waals surface area contributed by atoms with Gasteiger partial charge in [-0.25, -0.2) is 4.98 Å². The lowest BCUT2D eigenvalue weighted by Crippen LogP contribution is -2.45. The molecule has 3 heterocycles. The smallest absolute Gasteiger partial charge is 0.306 e. The molecule has 1 fully saturated rings. The SMILES string of the molecule is CC1CN(C(=O)c2csc(-c3cccs3)n2)CCC1C(=O)O. The first-order valence-corrected chi connectivity index (χ1v) is 8.83. The molecule has 0 radical (unpaired) electrons. The van der Waals surface area contributed by atoms with Gasteiger partial charge in [0.05, 0.1) is 10.8 Å².